The highest BCUT2D eigenvalue weighted by Crippen LogP contribution is 2.36. The smallest absolute Gasteiger partial charge is 0.288 e. The molecule has 0 saturated heterocycles. The van der Waals surface area contributed by atoms with Gasteiger partial charge in [-0.15, -0.1) is 0 Å². The van der Waals surface area contributed by atoms with Crippen molar-refractivity contribution >= 4 is 11.7 Å². The lowest BCUT2D eigenvalue weighted by Gasteiger charge is -2.24. The van der Waals surface area contributed by atoms with Crippen molar-refractivity contribution in [3.05, 3.63) is 29.1 Å². The number of anilines is 1. The van der Waals surface area contributed by atoms with Gasteiger partial charge in [-0.05, 0) is 17.7 Å². The first-order valence-corrected chi connectivity index (χ1v) is 5.94. The highest BCUT2D eigenvalue weighted by molar-refractivity contribution is 5.71. The van der Waals surface area contributed by atoms with Gasteiger partial charge in [-0.2, -0.15) is 5.26 Å². The summed E-state index contributed by atoms with van der Waals surface area (Å²) in [7, 11) is 1.29. The summed E-state index contributed by atoms with van der Waals surface area (Å²) in [6, 6.07) is 3.16. The van der Waals surface area contributed by atoms with E-state index in [4.69, 9.17) is 16.7 Å². The van der Waals surface area contributed by atoms with Crippen LogP contribution in [0, 0.1) is 17.1 Å². The van der Waals surface area contributed by atoms with Gasteiger partial charge in [0.1, 0.15) is 11.9 Å². The van der Waals surface area contributed by atoms with Crippen LogP contribution in [0.25, 0.3) is 0 Å². The number of hydrogen-bond acceptors (Lipinski definition) is 4. The van der Waals surface area contributed by atoms with Crippen molar-refractivity contribution in [2.45, 2.75) is 18.8 Å². The summed E-state index contributed by atoms with van der Waals surface area (Å²) in [5.74, 6) is -5.83. The van der Waals surface area contributed by atoms with Crippen LogP contribution in [0.3, 0.4) is 0 Å². The van der Waals surface area contributed by atoms with E-state index in [1.807, 2.05) is 0 Å². The van der Waals surface area contributed by atoms with Crippen LogP contribution in [-0.4, -0.2) is 25.6 Å². The molecule has 0 aliphatic rings. The number of nitriles is 1. The van der Waals surface area contributed by atoms with Crippen LogP contribution in [0.2, 0.25) is 0 Å². The molecule has 4 N–H and O–H groups in total. The quantitative estimate of drug-likeness (QED) is 0.504. The summed E-state index contributed by atoms with van der Waals surface area (Å²) in [5, 5.41) is 8.71. The molecule has 8 heteroatoms. The normalized spacial score (nSPS) is 13.6. The van der Waals surface area contributed by atoms with E-state index in [2.05, 4.69) is 9.73 Å². The van der Waals surface area contributed by atoms with E-state index in [1.54, 1.807) is 6.07 Å². The number of rotatable bonds is 4. The molecule has 0 fully saturated rings. The molecular formula is C13H15F3N4O. The third-order valence-corrected chi connectivity index (χ3v) is 3.02. The van der Waals surface area contributed by atoms with Gasteiger partial charge >= 0.3 is 0 Å². The molecule has 114 valence electrons. The molecule has 0 spiro atoms. The lowest BCUT2D eigenvalue weighted by atomic mass is 9.92. The third-order valence-electron chi connectivity index (χ3n) is 3.02. The SMILES string of the molecule is CN=C(N)OCC(F)(F)C(C)c1cc(N)c(C#N)cc1F. The fourth-order valence-electron chi connectivity index (χ4n) is 1.62. The summed E-state index contributed by atoms with van der Waals surface area (Å²) in [6.07, 6.45) is 0. The fraction of sp³-hybridized carbons (Fsp3) is 0.385. The van der Waals surface area contributed by atoms with E-state index in [-0.39, 0.29) is 22.8 Å². The van der Waals surface area contributed by atoms with Gasteiger partial charge in [0.25, 0.3) is 11.9 Å². The lowest BCUT2D eigenvalue weighted by Crippen LogP contribution is -2.34. The third kappa shape index (κ3) is 3.78. The number of nitrogens with zero attached hydrogens (tertiary/aromatic N) is 2. The van der Waals surface area contributed by atoms with E-state index in [9.17, 15) is 13.2 Å². The number of benzene rings is 1. The van der Waals surface area contributed by atoms with Gasteiger partial charge in [0.05, 0.1) is 11.5 Å². The van der Waals surface area contributed by atoms with Crippen LogP contribution in [0.1, 0.15) is 24.0 Å². The molecule has 0 aliphatic carbocycles. The molecule has 0 heterocycles. The van der Waals surface area contributed by atoms with Gasteiger partial charge in [0.2, 0.25) is 0 Å². The minimum absolute atomic E-state index is 0.0629. The van der Waals surface area contributed by atoms with Crippen molar-refractivity contribution in [2.75, 3.05) is 19.4 Å². The van der Waals surface area contributed by atoms with Crippen molar-refractivity contribution in [2.24, 2.45) is 10.7 Å². The topological polar surface area (TPSA) is 97.4 Å². The van der Waals surface area contributed by atoms with Gasteiger partial charge in [-0.3, -0.25) is 0 Å². The maximum absolute atomic E-state index is 14.0. The number of hydrogen-bond donors (Lipinski definition) is 2. The Morgan fingerprint density at radius 2 is 2.14 bits per heavy atom. The molecule has 1 unspecified atom stereocenters. The van der Waals surface area contributed by atoms with E-state index in [0.29, 0.717) is 0 Å². The summed E-state index contributed by atoms with van der Waals surface area (Å²) in [6.45, 7) is 0.0865. The molecule has 1 aromatic carbocycles. The average Bonchev–Trinajstić information content (AvgIpc) is 2.45. The van der Waals surface area contributed by atoms with Gasteiger partial charge < -0.3 is 16.2 Å². The first kappa shape index (κ1) is 16.6. The summed E-state index contributed by atoms with van der Waals surface area (Å²) in [4.78, 5) is 3.39. The van der Waals surface area contributed by atoms with Gasteiger partial charge in [-0.25, -0.2) is 18.2 Å². The van der Waals surface area contributed by atoms with Crippen LogP contribution in [0.5, 0.6) is 0 Å². The molecular weight excluding hydrogens is 285 g/mol. The average molecular weight is 300 g/mol. The predicted molar refractivity (Wildman–Crippen MR) is 72.4 cm³/mol. The second-order valence-corrected chi connectivity index (χ2v) is 4.41. The molecule has 21 heavy (non-hydrogen) atoms. The Labute approximate surface area is 120 Å². The molecule has 0 amide bonds. The number of amidine groups is 1. The fourth-order valence-corrected chi connectivity index (χ4v) is 1.62. The molecule has 1 rings (SSSR count). The molecule has 0 bridgehead atoms. The van der Waals surface area contributed by atoms with Gasteiger partial charge in [0, 0.05) is 12.7 Å². The van der Waals surface area contributed by atoms with Gasteiger partial charge in [0.15, 0.2) is 6.61 Å². The molecule has 1 atom stereocenters. The van der Waals surface area contributed by atoms with E-state index >= 15 is 0 Å². The van der Waals surface area contributed by atoms with Crippen molar-refractivity contribution in [3.63, 3.8) is 0 Å². The standard InChI is InChI=1S/C13H15F3N4O/c1-7(13(15,16)6-21-12(19)20-2)9-4-11(18)8(5-17)3-10(9)14/h3-4,7H,6,18H2,1-2H3,(H2,19,20). The zero-order chi connectivity index (χ0) is 16.2. The molecule has 0 saturated carbocycles. The zero-order valence-electron chi connectivity index (χ0n) is 11.5. The second-order valence-electron chi connectivity index (χ2n) is 4.41. The van der Waals surface area contributed by atoms with Crippen LogP contribution >= 0.6 is 0 Å². The van der Waals surface area contributed by atoms with Crippen molar-refractivity contribution < 1.29 is 17.9 Å². The first-order chi connectivity index (χ1) is 9.72. The molecule has 5 nitrogen and oxygen atoms in total. The lowest BCUT2D eigenvalue weighted by molar-refractivity contribution is -0.0647. The Bertz CT molecular complexity index is 596. The van der Waals surface area contributed by atoms with Crippen molar-refractivity contribution in [1.29, 1.82) is 5.26 Å². The van der Waals surface area contributed by atoms with Gasteiger partial charge in [-0.1, -0.05) is 6.92 Å². The zero-order valence-corrected chi connectivity index (χ0v) is 11.5. The molecule has 0 aromatic heterocycles. The van der Waals surface area contributed by atoms with Crippen LogP contribution in [0.4, 0.5) is 18.9 Å². The number of alkyl halides is 2. The second kappa shape index (κ2) is 6.35. The van der Waals surface area contributed by atoms with Crippen molar-refractivity contribution in [3.8, 4) is 6.07 Å². The van der Waals surface area contributed by atoms with Crippen LogP contribution < -0.4 is 11.5 Å². The van der Waals surface area contributed by atoms with E-state index < -0.39 is 24.3 Å². The summed E-state index contributed by atoms with van der Waals surface area (Å²) < 4.78 is 46.4. The van der Waals surface area contributed by atoms with Crippen LogP contribution in [0.15, 0.2) is 17.1 Å². The monoisotopic (exact) mass is 300 g/mol. The number of halogens is 3. The van der Waals surface area contributed by atoms with Crippen LogP contribution in [-0.2, 0) is 4.74 Å². The molecule has 0 radical (unpaired) electrons. The highest BCUT2D eigenvalue weighted by Gasteiger charge is 2.40. The maximum atomic E-state index is 14.0. The molecule has 1 aromatic rings. The Morgan fingerprint density at radius 3 is 2.67 bits per heavy atom. The number of ether oxygens (including phenoxy) is 1. The Morgan fingerprint density at radius 1 is 1.52 bits per heavy atom. The number of nitrogens with two attached hydrogens (primary N) is 2. The van der Waals surface area contributed by atoms with E-state index in [0.717, 1.165) is 19.1 Å². The predicted octanol–water partition coefficient (Wildman–Crippen LogP) is 1.98. The number of aliphatic imine (C=N–C) groups is 1. The minimum atomic E-state index is -3.39. The number of nitrogen functional groups attached to an aromatic ring is 1. The Hall–Kier alpha value is -2.43. The largest absolute Gasteiger partial charge is 0.459 e. The minimum Gasteiger partial charge on any atom is -0.459 e. The Kier molecular flexibility index (Phi) is 5.02. The van der Waals surface area contributed by atoms with E-state index in [1.165, 1.54) is 7.05 Å². The highest BCUT2D eigenvalue weighted by atomic mass is 19.3. The summed E-state index contributed by atoms with van der Waals surface area (Å²) in [5.41, 5.74) is 10.2. The first-order valence-electron chi connectivity index (χ1n) is 5.94. The maximum Gasteiger partial charge on any atom is 0.288 e. The summed E-state index contributed by atoms with van der Waals surface area (Å²) >= 11 is 0. The Balaban J connectivity index is 3.05. The van der Waals surface area contributed by atoms with Crippen molar-refractivity contribution in [1.82, 2.24) is 0 Å². The molecule has 0 aliphatic heterocycles.